The SMILES string of the molecule is C.CNC.F. The third-order valence-corrected chi connectivity index (χ3v) is 0. The molecule has 2 heteroatoms. The summed E-state index contributed by atoms with van der Waals surface area (Å²) in [6.45, 7) is 0. The highest BCUT2D eigenvalue weighted by Gasteiger charge is 1.25. The van der Waals surface area contributed by atoms with Crippen LogP contribution in [0.1, 0.15) is 7.43 Å². The minimum Gasteiger partial charge on any atom is -0.323 e. The zero-order valence-electron chi connectivity index (χ0n) is 2.91. The summed E-state index contributed by atoms with van der Waals surface area (Å²) in [5.74, 6) is 0. The van der Waals surface area contributed by atoms with Crippen LogP contribution in [-0.2, 0) is 0 Å². The number of hydrogen-bond donors (Lipinski definition) is 1. The van der Waals surface area contributed by atoms with Gasteiger partial charge in [0, 0.05) is 0 Å². The summed E-state index contributed by atoms with van der Waals surface area (Å²) < 4.78 is 0. The predicted octanol–water partition coefficient (Wildman–Crippen LogP) is 0.624. The van der Waals surface area contributed by atoms with E-state index in [1.165, 1.54) is 0 Å². The molecule has 36 valence electrons. The van der Waals surface area contributed by atoms with Crippen LogP contribution >= 0.6 is 0 Å². The standard InChI is InChI=1S/C2H7N.CH4.FH/c1-3-2;;/h3H,1-2H3;1H4;1H. The largest absolute Gasteiger partial charge is 0.323 e. The van der Waals surface area contributed by atoms with E-state index in [2.05, 4.69) is 5.32 Å². The van der Waals surface area contributed by atoms with Gasteiger partial charge in [0.25, 0.3) is 0 Å². The van der Waals surface area contributed by atoms with Gasteiger partial charge in [-0.3, -0.25) is 4.70 Å². The molecule has 5 heavy (non-hydrogen) atoms. The van der Waals surface area contributed by atoms with Crippen LogP contribution in [0.25, 0.3) is 0 Å². The summed E-state index contributed by atoms with van der Waals surface area (Å²) in [7, 11) is 3.75. The van der Waals surface area contributed by atoms with Crippen LogP contribution in [0.4, 0.5) is 4.70 Å². The Bertz CT molecular complexity index is 6.85. The van der Waals surface area contributed by atoms with Crippen molar-refractivity contribution in [2.24, 2.45) is 0 Å². The summed E-state index contributed by atoms with van der Waals surface area (Å²) in [5.41, 5.74) is 0. The minimum atomic E-state index is 0. The lowest BCUT2D eigenvalue weighted by atomic mass is 11.3. The summed E-state index contributed by atoms with van der Waals surface area (Å²) >= 11 is 0. The molecule has 1 N–H and O–H groups in total. The first-order valence-electron chi connectivity index (χ1n) is 1.00. The topological polar surface area (TPSA) is 12.0 Å². The van der Waals surface area contributed by atoms with E-state index < -0.39 is 0 Å². The molecule has 0 fully saturated rings. The van der Waals surface area contributed by atoms with E-state index >= 15 is 0 Å². The molecule has 0 spiro atoms. The number of hydrogen-bond acceptors (Lipinski definition) is 1. The fourth-order valence-corrected chi connectivity index (χ4v) is 0. The zero-order chi connectivity index (χ0) is 2.71. The van der Waals surface area contributed by atoms with Crippen LogP contribution in [-0.4, -0.2) is 14.1 Å². The first-order valence-corrected chi connectivity index (χ1v) is 1.00. The van der Waals surface area contributed by atoms with Crippen LogP contribution in [0.15, 0.2) is 0 Å². The van der Waals surface area contributed by atoms with E-state index in [4.69, 9.17) is 0 Å². The third-order valence-electron chi connectivity index (χ3n) is 0. The van der Waals surface area contributed by atoms with E-state index in [0.717, 1.165) is 0 Å². The van der Waals surface area contributed by atoms with E-state index in [0.29, 0.717) is 0 Å². The van der Waals surface area contributed by atoms with Gasteiger partial charge in [-0.05, 0) is 14.1 Å². The van der Waals surface area contributed by atoms with Crippen molar-refractivity contribution in [3.05, 3.63) is 0 Å². The van der Waals surface area contributed by atoms with E-state index in [9.17, 15) is 0 Å². The van der Waals surface area contributed by atoms with Crippen LogP contribution in [0.5, 0.6) is 0 Å². The number of rotatable bonds is 0. The fraction of sp³-hybridized carbons (Fsp3) is 1.00. The van der Waals surface area contributed by atoms with Gasteiger partial charge in [-0.15, -0.1) is 0 Å². The average molecular weight is 81.1 g/mol. The Balaban J connectivity index is -0.0000000200. The molecule has 0 aromatic heterocycles. The maximum Gasteiger partial charge on any atom is -0.0167 e. The molecule has 0 atom stereocenters. The summed E-state index contributed by atoms with van der Waals surface area (Å²) in [5, 5.41) is 2.75. The lowest BCUT2D eigenvalue weighted by molar-refractivity contribution is 1.02. The predicted molar refractivity (Wildman–Crippen MR) is 24.2 cm³/mol. The zero-order valence-corrected chi connectivity index (χ0v) is 2.91. The highest BCUT2D eigenvalue weighted by Crippen LogP contribution is 0.981. The quantitative estimate of drug-likeness (QED) is 0.451. The first-order chi connectivity index (χ1) is 1.41. The lowest BCUT2D eigenvalue weighted by Crippen LogP contribution is -1.89. The Morgan fingerprint density at radius 2 is 1.20 bits per heavy atom. The summed E-state index contributed by atoms with van der Waals surface area (Å²) in [6, 6.07) is 0. The Labute approximate surface area is 32.8 Å². The molecule has 0 amide bonds. The molecule has 1 nitrogen and oxygen atoms in total. The van der Waals surface area contributed by atoms with Crippen molar-refractivity contribution >= 4 is 0 Å². The maximum absolute atomic E-state index is 2.75. The van der Waals surface area contributed by atoms with Crippen molar-refractivity contribution in [3.8, 4) is 0 Å². The Morgan fingerprint density at radius 1 is 1.20 bits per heavy atom. The normalized spacial score (nSPS) is 3.60. The van der Waals surface area contributed by atoms with Crippen molar-refractivity contribution in [3.63, 3.8) is 0 Å². The number of nitrogens with one attached hydrogen (secondary N) is 1. The van der Waals surface area contributed by atoms with Crippen LogP contribution in [0, 0.1) is 0 Å². The highest BCUT2D eigenvalue weighted by molar-refractivity contribution is 3.91. The molecule has 0 unspecified atom stereocenters. The van der Waals surface area contributed by atoms with Crippen molar-refractivity contribution in [2.45, 2.75) is 7.43 Å². The second-order valence-corrected chi connectivity index (χ2v) is 0.500. The second kappa shape index (κ2) is 41.0. The molecule has 0 aliphatic heterocycles. The molecule has 0 aromatic rings. The van der Waals surface area contributed by atoms with Gasteiger partial charge >= 0.3 is 0 Å². The van der Waals surface area contributed by atoms with Gasteiger partial charge in [0.1, 0.15) is 0 Å². The van der Waals surface area contributed by atoms with Gasteiger partial charge in [0.05, 0.1) is 0 Å². The smallest absolute Gasteiger partial charge is 0.0167 e. The van der Waals surface area contributed by atoms with Gasteiger partial charge in [-0.2, -0.15) is 0 Å². The van der Waals surface area contributed by atoms with E-state index in [1.807, 2.05) is 14.1 Å². The Hall–Kier alpha value is -0.110. The van der Waals surface area contributed by atoms with E-state index in [1.54, 1.807) is 0 Å². The molecule has 0 rings (SSSR count). The molecular formula is C3H12FN. The monoisotopic (exact) mass is 81.1 g/mol. The second-order valence-electron chi connectivity index (χ2n) is 0.500. The van der Waals surface area contributed by atoms with Gasteiger partial charge in [-0.1, -0.05) is 7.43 Å². The molecular weight excluding hydrogens is 69.0 g/mol. The Morgan fingerprint density at radius 3 is 1.20 bits per heavy atom. The molecule has 0 aromatic carbocycles. The van der Waals surface area contributed by atoms with Crippen LogP contribution < -0.4 is 5.32 Å². The molecule has 0 heterocycles. The van der Waals surface area contributed by atoms with E-state index in [-0.39, 0.29) is 12.1 Å². The van der Waals surface area contributed by atoms with Gasteiger partial charge in [0.15, 0.2) is 0 Å². The fourth-order valence-electron chi connectivity index (χ4n) is 0. The molecule has 0 aliphatic rings. The molecule has 0 radical (unpaired) electrons. The van der Waals surface area contributed by atoms with Crippen LogP contribution in [0.3, 0.4) is 0 Å². The molecule has 0 saturated carbocycles. The van der Waals surface area contributed by atoms with Gasteiger partial charge < -0.3 is 5.32 Å². The van der Waals surface area contributed by atoms with Crippen LogP contribution in [0.2, 0.25) is 0 Å². The summed E-state index contributed by atoms with van der Waals surface area (Å²) in [6.07, 6.45) is 0. The third kappa shape index (κ3) is 1150. The highest BCUT2D eigenvalue weighted by atomic mass is 19.0. The number of halogens is 1. The van der Waals surface area contributed by atoms with Gasteiger partial charge in [-0.25, -0.2) is 0 Å². The molecule has 0 aliphatic carbocycles. The van der Waals surface area contributed by atoms with Gasteiger partial charge in [0.2, 0.25) is 0 Å². The van der Waals surface area contributed by atoms with Crippen molar-refractivity contribution in [2.75, 3.05) is 14.1 Å². The van der Waals surface area contributed by atoms with Crippen molar-refractivity contribution in [1.82, 2.24) is 5.32 Å². The Kier molecular flexibility index (Phi) is 170. The summed E-state index contributed by atoms with van der Waals surface area (Å²) in [4.78, 5) is 0. The molecule has 0 bridgehead atoms. The first kappa shape index (κ1) is 20.7. The minimum absolute atomic E-state index is 0. The lowest BCUT2D eigenvalue weighted by Gasteiger charge is -1.59. The van der Waals surface area contributed by atoms with Crippen molar-refractivity contribution in [1.29, 1.82) is 0 Å². The average Bonchev–Trinajstić information content (AvgIpc) is 0.918. The van der Waals surface area contributed by atoms with Crippen molar-refractivity contribution < 1.29 is 4.70 Å². The maximum atomic E-state index is 2.75. The molecule has 0 saturated heterocycles.